The predicted molar refractivity (Wildman–Crippen MR) is 55.6 cm³/mol. The summed E-state index contributed by atoms with van der Waals surface area (Å²) in [6, 6.07) is 2.00. The zero-order valence-corrected chi connectivity index (χ0v) is 9.20. The number of fused-ring (bicyclic) bond motifs is 1. The van der Waals surface area contributed by atoms with Gasteiger partial charge in [-0.05, 0) is 44.6 Å². The van der Waals surface area contributed by atoms with Crippen molar-refractivity contribution < 1.29 is 0 Å². The summed E-state index contributed by atoms with van der Waals surface area (Å²) in [4.78, 5) is 4.15. The van der Waals surface area contributed by atoms with Crippen molar-refractivity contribution in [2.45, 2.75) is 0 Å². The van der Waals surface area contributed by atoms with E-state index < -0.39 is 0 Å². The zero-order chi connectivity index (χ0) is 7.84. The van der Waals surface area contributed by atoms with Crippen molar-refractivity contribution in [3.8, 4) is 0 Å². The van der Waals surface area contributed by atoms with Gasteiger partial charge in [-0.3, -0.25) is 0 Å². The van der Waals surface area contributed by atoms with E-state index in [2.05, 4.69) is 43.5 Å². The molecule has 2 rings (SSSR count). The van der Waals surface area contributed by atoms with Crippen molar-refractivity contribution >= 4 is 44.2 Å². The summed E-state index contributed by atoms with van der Waals surface area (Å²) >= 11 is 5.71. The molecule has 0 bridgehead atoms. The second kappa shape index (κ2) is 2.75. The topological polar surface area (TPSA) is 17.3 Å². The van der Waals surface area contributed by atoms with Gasteiger partial charge in [0.15, 0.2) is 0 Å². The van der Waals surface area contributed by atoms with E-state index in [4.69, 9.17) is 0 Å². The maximum Gasteiger partial charge on any atom is 0.137 e. The van der Waals surface area contributed by atoms with Gasteiger partial charge in [0.05, 0.1) is 0 Å². The molecular formula is C7H4BrIN2. The van der Waals surface area contributed by atoms with Crippen LogP contribution in [-0.2, 0) is 0 Å². The number of halogens is 2. The highest BCUT2D eigenvalue weighted by Crippen LogP contribution is 2.19. The Hall–Kier alpha value is -0.100. The summed E-state index contributed by atoms with van der Waals surface area (Å²) in [6.45, 7) is 0. The molecule has 0 atom stereocenters. The molecule has 2 aromatic heterocycles. The molecule has 0 amide bonds. The van der Waals surface area contributed by atoms with Gasteiger partial charge in [-0.1, -0.05) is 0 Å². The van der Waals surface area contributed by atoms with E-state index in [-0.39, 0.29) is 0 Å². The number of imidazole rings is 1. The van der Waals surface area contributed by atoms with Crippen LogP contribution in [0.25, 0.3) is 5.65 Å². The standard InChI is InChI=1S/C7H4BrIN2/c8-5-3-7-10-1-2-11(7)4-6(5)9/h1-4H. The first kappa shape index (κ1) is 7.54. The molecule has 2 heterocycles. The Kier molecular flexibility index (Phi) is 1.88. The van der Waals surface area contributed by atoms with Gasteiger partial charge in [-0.2, -0.15) is 0 Å². The number of nitrogens with zero attached hydrogens (tertiary/aromatic N) is 2. The van der Waals surface area contributed by atoms with E-state index in [0.29, 0.717) is 0 Å². The van der Waals surface area contributed by atoms with E-state index in [1.807, 2.05) is 22.9 Å². The number of pyridine rings is 1. The van der Waals surface area contributed by atoms with Gasteiger partial charge in [-0.15, -0.1) is 0 Å². The van der Waals surface area contributed by atoms with Crippen LogP contribution in [0.5, 0.6) is 0 Å². The Labute approximate surface area is 85.9 Å². The molecular weight excluding hydrogens is 319 g/mol. The van der Waals surface area contributed by atoms with E-state index >= 15 is 0 Å². The first-order valence-electron chi connectivity index (χ1n) is 3.05. The summed E-state index contributed by atoms with van der Waals surface area (Å²) < 4.78 is 4.27. The lowest BCUT2D eigenvalue weighted by Gasteiger charge is -1.96. The molecule has 0 saturated heterocycles. The lowest BCUT2D eigenvalue weighted by Crippen LogP contribution is -1.85. The second-order valence-electron chi connectivity index (χ2n) is 2.16. The van der Waals surface area contributed by atoms with Gasteiger partial charge in [-0.25, -0.2) is 4.98 Å². The Morgan fingerprint density at radius 3 is 3.18 bits per heavy atom. The largest absolute Gasteiger partial charge is 0.306 e. The van der Waals surface area contributed by atoms with E-state index in [0.717, 1.165) is 10.1 Å². The number of rotatable bonds is 0. The van der Waals surface area contributed by atoms with Crippen molar-refractivity contribution in [3.63, 3.8) is 0 Å². The fourth-order valence-electron chi connectivity index (χ4n) is 0.912. The Balaban J connectivity index is 2.86. The molecule has 0 aromatic carbocycles. The summed E-state index contributed by atoms with van der Waals surface area (Å²) in [5.41, 5.74) is 0.970. The van der Waals surface area contributed by atoms with Crippen molar-refractivity contribution in [1.29, 1.82) is 0 Å². The molecule has 11 heavy (non-hydrogen) atoms. The van der Waals surface area contributed by atoms with Crippen LogP contribution in [0.2, 0.25) is 0 Å². The third kappa shape index (κ3) is 1.29. The van der Waals surface area contributed by atoms with Crippen molar-refractivity contribution in [1.82, 2.24) is 9.38 Å². The smallest absolute Gasteiger partial charge is 0.137 e. The number of hydrogen-bond donors (Lipinski definition) is 0. The summed E-state index contributed by atoms with van der Waals surface area (Å²) in [5.74, 6) is 0. The van der Waals surface area contributed by atoms with E-state index in [1.165, 1.54) is 3.57 Å². The normalized spacial score (nSPS) is 10.7. The SMILES string of the molecule is Brc1cc2nccn2cc1I. The summed E-state index contributed by atoms with van der Waals surface area (Å²) in [7, 11) is 0. The Bertz CT molecular complexity index is 360. The lowest BCUT2D eigenvalue weighted by molar-refractivity contribution is 1.17. The van der Waals surface area contributed by atoms with Gasteiger partial charge >= 0.3 is 0 Å². The predicted octanol–water partition coefficient (Wildman–Crippen LogP) is 2.70. The highest BCUT2D eigenvalue weighted by molar-refractivity contribution is 14.1. The molecule has 0 N–H and O–H groups in total. The summed E-state index contributed by atoms with van der Waals surface area (Å²) in [5, 5.41) is 0. The van der Waals surface area contributed by atoms with Crippen LogP contribution in [0.15, 0.2) is 29.1 Å². The minimum atomic E-state index is 0.970. The monoisotopic (exact) mass is 322 g/mol. The van der Waals surface area contributed by atoms with Gasteiger partial charge in [0.2, 0.25) is 0 Å². The quantitative estimate of drug-likeness (QED) is 0.682. The van der Waals surface area contributed by atoms with Crippen molar-refractivity contribution in [3.05, 3.63) is 32.7 Å². The molecule has 0 radical (unpaired) electrons. The maximum absolute atomic E-state index is 4.15. The zero-order valence-electron chi connectivity index (χ0n) is 5.46. The number of aromatic nitrogens is 2. The van der Waals surface area contributed by atoms with Gasteiger partial charge in [0, 0.05) is 26.6 Å². The van der Waals surface area contributed by atoms with E-state index in [1.54, 1.807) is 6.20 Å². The number of hydrogen-bond acceptors (Lipinski definition) is 1. The van der Waals surface area contributed by atoms with Crippen molar-refractivity contribution in [2.24, 2.45) is 0 Å². The Morgan fingerprint density at radius 1 is 1.55 bits per heavy atom. The minimum absolute atomic E-state index is 0.970. The first-order chi connectivity index (χ1) is 5.27. The molecule has 0 aliphatic heterocycles. The van der Waals surface area contributed by atoms with Gasteiger partial charge in [0.25, 0.3) is 0 Å². The van der Waals surface area contributed by atoms with Crippen LogP contribution in [-0.4, -0.2) is 9.38 Å². The molecule has 0 saturated carbocycles. The van der Waals surface area contributed by atoms with Crippen LogP contribution in [0.4, 0.5) is 0 Å². The molecule has 0 spiro atoms. The highest BCUT2D eigenvalue weighted by atomic mass is 127. The maximum atomic E-state index is 4.15. The minimum Gasteiger partial charge on any atom is -0.306 e. The molecule has 4 heteroatoms. The third-order valence-electron chi connectivity index (χ3n) is 1.44. The third-order valence-corrected chi connectivity index (χ3v) is 3.69. The fraction of sp³-hybridized carbons (Fsp3) is 0. The van der Waals surface area contributed by atoms with E-state index in [9.17, 15) is 0 Å². The fourth-order valence-corrected chi connectivity index (χ4v) is 1.67. The average molecular weight is 323 g/mol. The summed E-state index contributed by atoms with van der Waals surface area (Å²) in [6.07, 6.45) is 5.76. The van der Waals surface area contributed by atoms with Crippen molar-refractivity contribution in [2.75, 3.05) is 0 Å². The van der Waals surface area contributed by atoms with Crippen LogP contribution < -0.4 is 0 Å². The molecule has 2 nitrogen and oxygen atoms in total. The highest BCUT2D eigenvalue weighted by Gasteiger charge is 1.98. The molecule has 0 aliphatic rings. The Morgan fingerprint density at radius 2 is 2.36 bits per heavy atom. The van der Waals surface area contributed by atoms with Crippen LogP contribution in [0.1, 0.15) is 0 Å². The van der Waals surface area contributed by atoms with Crippen LogP contribution in [0.3, 0.4) is 0 Å². The lowest BCUT2D eigenvalue weighted by atomic mass is 10.5. The van der Waals surface area contributed by atoms with Crippen LogP contribution in [0, 0.1) is 3.57 Å². The van der Waals surface area contributed by atoms with Gasteiger partial charge in [0.1, 0.15) is 5.65 Å². The second-order valence-corrected chi connectivity index (χ2v) is 4.18. The molecule has 2 aromatic rings. The molecule has 56 valence electrons. The van der Waals surface area contributed by atoms with Crippen LogP contribution >= 0.6 is 38.5 Å². The average Bonchev–Trinajstić information content (AvgIpc) is 2.36. The first-order valence-corrected chi connectivity index (χ1v) is 4.92. The molecule has 0 aliphatic carbocycles. The molecule has 0 unspecified atom stereocenters. The molecule has 0 fully saturated rings. The van der Waals surface area contributed by atoms with Gasteiger partial charge < -0.3 is 4.40 Å².